The summed E-state index contributed by atoms with van der Waals surface area (Å²) in [5, 5.41) is 6.84. The highest BCUT2D eigenvalue weighted by Gasteiger charge is 2.18. The van der Waals surface area contributed by atoms with Crippen LogP contribution in [0.4, 0.5) is 0 Å². The second-order valence-electron chi connectivity index (χ2n) is 4.35. The minimum absolute atomic E-state index is 0.119. The van der Waals surface area contributed by atoms with Gasteiger partial charge >= 0.3 is 0 Å². The molecule has 0 radical (unpaired) electrons. The van der Waals surface area contributed by atoms with E-state index in [0.717, 1.165) is 17.7 Å². The highest BCUT2D eigenvalue weighted by atomic mass is 32.2. The fourth-order valence-electron chi connectivity index (χ4n) is 2.02. The average molecular weight is 279 g/mol. The van der Waals surface area contributed by atoms with E-state index in [9.17, 15) is 8.42 Å². The maximum absolute atomic E-state index is 12.1. The Labute approximate surface area is 110 Å². The first-order valence-corrected chi connectivity index (χ1v) is 7.35. The van der Waals surface area contributed by atoms with Crippen LogP contribution in [-0.4, -0.2) is 13.6 Å². The molecule has 3 rings (SSSR count). The predicted octanol–water partition coefficient (Wildman–Crippen LogP) is 0.756. The van der Waals surface area contributed by atoms with E-state index in [4.69, 9.17) is 0 Å². The number of rotatable bonds is 4. The van der Waals surface area contributed by atoms with Gasteiger partial charge in [0.25, 0.3) is 0 Å². The first-order chi connectivity index (χ1) is 9.15. The van der Waals surface area contributed by atoms with Crippen LogP contribution in [0.5, 0.6) is 0 Å². The Balaban J connectivity index is 1.80. The standard InChI is InChI=1S/C12H13N3O3S/c16-19(17,14-8-11-3-4-18-15-11)12-2-1-9-6-13-7-10(9)5-12/h1-5,13-14H,6-8H2. The zero-order chi connectivity index (χ0) is 13.3. The van der Waals surface area contributed by atoms with E-state index in [1.165, 1.54) is 6.26 Å². The molecule has 6 nitrogen and oxygen atoms in total. The van der Waals surface area contributed by atoms with Gasteiger partial charge in [-0.25, -0.2) is 13.1 Å². The summed E-state index contributed by atoms with van der Waals surface area (Å²) in [6, 6.07) is 6.80. The summed E-state index contributed by atoms with van der Waals surface area (Å²) < 4.78 is 31.4. The van der Waals surface area contributed by atoms with Crippen molar-refractivity contribution in [2.24, 2.45) is 0 Å². The lowest BCUT2D eigenvalue weighted by atomic mass is 10.1. The number of aromatic nitrogens is 1. The molecule has 7 heteroatoms. The SMILES string of the molecule is O=S(=O)(NCc1ccon1)c1ccc2c(c1)CNC2. The van der Waals surface area contributed by atoms with Crippen LogP contribution in [-0.2, 0) is 29.7 Å². The zero-order valence-electron chi connectivity index (χ0n) is 10.1. The minimum atomic E-state index is -3.52. The minimum Gasteiger partial charge on any atom is -0.364 e. The van der Waals surface area contributed by atoms with Gasteiger partial charge in [0.15, 0.2) is 0 Å². The number of fused-ring (bicyclic) bond motifs is 1. The fraction of sp³-hybridized carbons (Fsp3) is 0.250. The van der Waals surface area contributed by atoms with Crippen LogP contribution >= 0.6 is 0 Å². The summed E-state index contributed by atoms with van der Waals surface area (Å²) in [7, 11) is -3.52. The van der Waals surface area contributed by atoms with Crippen molar-refractivity contribution in [3.8, 4) is 0 Å². The lowest BCUT2D eigenvalue weighted by molar-refractivity contribution is 0.411. The van der Waals surface area contributed by atoms with E-state index in [1.54, 1.807) is 18.2 Å². The van der Waals surface area contributed by atoms with Gasteiger partial charge in [0.05, 0.1) is 17.1 Å². The molecule has 0 saturated heterocycles. The Hall–Kier alpha value is -1.70. The Morgan fingerprint density at radius 1 is 1.26 bits per heavy atom. The van der Waals surface area contributed by atoms with Crippen LogP contribution < -0.4 is 10.0 Å². The van der Waals surface area contributed by atoms with Gasteiger partial charge < -0.3 is 9.84 Å². The molecule has 0 saturated carbocycles. The highest BCUT2D eigenvalue weighted by molar-refractivity contribution is 7.89. The van der Waals surface area contributed by atoms with Crippen LogP contribution in [0, 0.1) is 0 Å². The van der Waals surface area contributed by atoms with E-state index < -0.39 is 10.0 Å². The van der Waals surface area contributed by atoms with Gasteiger partial charge in [0, 0.05) is 19.2 Å². The maximum atomic E-state index is 12.1. The Morgan fingerprint density at radius 2 is 2.11 bits per heavy atom. The number of hydrogen-bond acceptors (Lipinski definition) is 5. The zero-order valence-corrected chi connectivity index (χ0v) is 10.9. The van der Waals surface area contributed by atoms with Crippen molar-refractivity contribution in [2.45, 2.75) is 24.5 Å². The van der Waals surface area contributed by atoms with Crippen molar-refractivity contribution in [3.63, 3.8) is 0 Å². The van der Waals surface area contributed by atoms with Gasteiger partial charge in [-0.1, -0.05) is 11.2 Å². The molecular weight excluding hydrogens is 266 g/mol. The molecule has 2 N–H and O–H groups in total. The summed E-state index contributed by atoms with van der Waals surface area (Å²) in [5.41, 5.74) is 2.73. The predicted molar refractivity (Wildman–Crippen MR) is 67.5 cm³/mol. The third-order valence-corrected chi connectivity index (χ3v) is 4.45. The number of benzene rings is 1. The molecule has 0 unspecified atom stereocenters. The van der Waals surface area contributed by atoms with E-state index in [2.05, 4.69) is 19.7 Å². The smallest absolute Gasteiger partial charge is 0.240 e. The molecule has 0 bridgehead atoms. The lowest BCUT2D eigenvalue weighted by Crippen LogP contribution is -2.23. The summed E-state index contributed by atoms with van der Waals surface area (Å²) in [4.78, 5) is 0.276. The molecule has 0 atom stereocenters. The van der Waals surface area contributed by atoms with Gasteiger partial charge in [-0.3, -0.25) is 0 Å². The number of nitrogens with zero attached hydrogens (tertiary/aromatic N) is 1. The molecule has 1 aromatic carbocycles. The second kappa shape index (κ2) is 4.76. The van der Waals surface area contributed by atoms with Crippen molar-refractivity contribution in [1.82, 2.24) is 15.2 Å². The molecule has 0 fully saturated rings. The van der Waals surface area contributed by atoms with Crippen LogP contribution in [0.15, 0.2) is 39.9 Å². The summed E-state index contributed by atoms with van der Waals surface area (Å²) in [5.74, 6) is 0. The first-order valence-electron chi connectivity index (χ1n) is 5.86. The summed E-state index contributed by atoms with van der Waals surface area (Å²) in [6.45, 7) is 1.62. The Kier molecular flexibility index (Phi) is 3.09. The second-order valence-corrected chi connectivity index (χ2v) is 6.12. The number of sulfonamides is 1. The topological polar surface area (TPSA) is 84.2 Å². The molecule has 2 heterocycles. The van der Waals surface area contributed by atoms with Crippen LogP contribution in [0.25, 0.3) is 0 Å². The Bertz CT molecular complexity index is 680. The first kappa shape index (κ1) is 12.3. The average Bonchev–Trinajstić information content (AvgIpc) is 3.06. The number of hydrogen-bond donors (Lipinski definition) is 2. The third kappa shape index (κ3) is 2.53. The fourth-order valence-corrected chi connectivity index (χ4v) is 3.07. The lowest BCUT2D eigenvalue weighted by Gasteiger charge is -2.07. The van der Waals surface area contributed by atoms with Crippen LogP contribution in [0.1, 0.15) is 16.8 Å². The van der Waals surface area contributed by atoms with Gasteiger partial charge in [0.2, 0.25) is 10.0 Å². The van der Waals surface area contributed by atoms with Crippen molar-refractivity contribution >= 4 is 10.0 Å². The molecule has 0 aliphatic carbocycles. The van der Waals surface area contributed by atoms with E-state index in [1.807, 2.05) is 6.07 Å². The monoisotopic (exact) mass is 279 g/mol. The largest absolute Gasteiger partial charge is 0.364 e. The number of nitrogens with one attached hydrogen (secondary N) is 2. The molecule has 1 aromatic heterocycles. The van der Waals surface area contributed by atoms with Gasteiger partial charge in [-0.2, -0.15) is 0 Å². The maximum Gasteiger partial charge on any atom is 0.240 e. The van der Waals surface area contributed by atoms with E-state index in [-0.39, 0.29) is 11.4 Å². The van der Waals surface area contributed by atoms with Crippen LogP contribution in [0.2, 0.25) is 0 Å². The molecule has 19 heavy (non-hydrogen) atoms. The van der Waals surface area contributed by atoms with Gasteiger partial charge in [0.1, 0.15) is 6.26 Å². The molecule has 0 amide bonds. The van der Waals surface area contributed by atoms with Crippen molar-refractivity contribution in [2.75, 3.05) is 0 Å². The normalized spacial score (nSPS) is 14.5. The van der Waals surface area contributed by atoms with E-state index in [0.29, 0.717) is 12.2 Å². The quantitative estimate of drug-likeness (QED) is 0.863. The third-order valence-electron chi connectivity index (χ3n) is 3.05. The Morgan fingerprint density at radius 3 is 2.89 bits per heavy atom. The molecule has 1 aliphatic heterocycles. The highest BCUT2D eigenvalue weighted by Crippen LogP contribution is 2.20. The molecule has 0 spiro atoms. The van der Waals surface area contributed by atoms with Gasteiger partial charge in [-0.15, -0.1) is 0 Å². The van der Waals surface area contributed by atoms with Gasteiger partial charge in [-0.05, 0) is 23.3 Å². The molecule has 2 aromatic rings. The van der Waals surface area contributed by atoms with E-state index >= 15 is 0 Å². The van der Waals surface area contributed by atoms with Crippen LogP contribution in [0.3, 0.4) is 0 Å². The molecule has 100 valence electrons. The van der Waals surface area contributed by atoms with Crippen molar-refractivity contribution in [3.05, 3.63) is 47.3 Å². The van der Waals surface area contributed by atoms with Crippen molar-refractivity contribution in [1.29, 1.82) is 0 Å². The van der Waals surface area contributed by atoms with Crippen molar-refractivity contribution < 1.29 is 12.9 Å². The summed E-state index contributed by atoms with van der Waals surface area (Å²) in [6.07, 6.45) is 1.41. The summed E-state index contributed by atoms with van der Waals surface area (Å²) >= 11 is 0. The molecular formula is C12H13N3O3S. The molecule has 1 aliphatic rings.